The van der Waals surface area contributed by atoms with Crippen molar-refractivity contribution in [3.05, 3.63) is 24.5 Å². The number of quaternary nitrogens is 1. The molecule has 0 aliphatic heterocycles. The highest BCUT2D eigenvalue weighted by Crippen LogP contribution is 2.47. The number of ether oxygens (including phenoxy) is 1. The van der Waals surface area contributed by atoms with Gasteiger partial charge < -0.3 is 22.8 Å². The molecule has 2 aromatic rings. The molecular formula is C18H31N3O4P+. The SMILES string of the molecule is CCn1cnc2ccc(OCCCP(=O)(OC)OCC[N+](C)(C)C)cc21. The molecule has 8 heteroatoms. The normalized spacial score (nSPS) is 14.5. The molecule has 0 N–H and O–H groups in total. The fraction of sp³-hybridized carbons (Fsp3) is 0.611. The van der Waals surface area contributed by atoms with E-state index in [0.717, 1.165) is 34.4 Å². The molecule has 2 rings (SSSR count). The summed E-state index contributed by atoms with van der Waals surface area (Å²) >= 11 is 0. The minimum absolute atomic E-state index is 0.343. The zero-order valence-corrected chi connectivity index (χ0v) is 17.4. The molecule has 0 bridgehead atoms. The van der Waals surface area contributed by atoms with Gasteiger partial charge in [-0.25, -0.2) is 4.98 Å². The first-order valence-corrected chi connectivity index (χ1v) is 10.7. The van der Waals surface area contributed by atoms with E-state index >= 15 is 0 Å². The van der Waals surface area contributed by atoms with Crippen molar-refractivity contribution in [3.63, 3.8) is 0 Å². The second-order valence-electron chi connectivity index (χ2n) is 7.25. The number of hydrogen-bond donors (Lipinski definition) is 0. The molecule has 1 aromatic carbocycles. The minimum atomic E-state index is -3.05. The molecule has 7 nitrogen and oxygen atoms in total. The van der Waals surface area contributed by atoms with Gasteiger partial charge in [0.05, 0.1) is 51.3 Å². The van der Waals surface area contributed by atoms with E-state index in [4.69, 9.17) is 13.8 Å². The number of likely N-dealkylation sites (N-methyl/N-ethyl adjacent to an activating group) is 1. The highest BCUT2D eigenvalue weighted by Gasteiger charge is 2.23. The Morgan fingerprint density at radius 1 is 1.23 bits per heavy atom. The largest absolute Gasteiger partial charge is 0.493 e. The predicted octanol–water partition coefficient (Wildman–Crippen LogP) is 3.39. The smallest absolute Gasteiger partial charge is 0.330 e. The molecule has 1 aromatic heterocycles. The number of imidazole rings is 1. The van der Waals surface area contributed by atoms with Crippen molar-refractivity contribution < 1.29 is 22.8 Å². The summed E-state index contributed by atoms with van der Waals surface area (Å²) in [4.78, 5) is 4.35. The summed E-state index contributed by atoms with van der Waals surface area (Å²) in [5, 5.41) is 0. The minimum Gasteiger partial charge on any atom is -0.493 e. The molecule has 0 aliphatic carbocycles. The first-order valence-electron chi connectivity index (χ1n) is 8.94. The van der Waals surface area contributed by atoms with Crippen LogP contribution in [0.1, 0.15) is 13.3 Å². The zero-order valence-electron chi connectivity index (χ0n) is 16.5. The van der Waals surface area contributed by atoms with Crippen LogP contribution in [0.4, 0.5) is 0 Å². The number of rotatable bonds is 11. The number of aryl methyl sites for hydroxylation is 1. The molecular weight excluding hydrogens is 353 g/mol. The average Bonchev–Trinajstić information content (AvgIpc) is 3.00. The molecule has 0 saturated heterocycles. The third kappa shape index (κ3) is 6.09. The number of nitrogens with zero attached hydrogens (tertiary/aromatic N) is 3. The van der Waals surface area contributed by atoms with Gasteiger partial charge in [0.2, 0.25) is 0 Å². The van der Waals surface area contributed by atoms with Gasteiger partial charge >= 0.3 is 7.60 Å². The second-order valence-corrected chi connectivity index (χ2v) is 9.54. The van der Waals surface area contributed by atoms with E-state index in [9.17, 15) is 4.57 Å². The first kappa shape index (κ1) is 20.9. The first-order chi connectivity index (χ1) is 12.3. The fourth-order valence-corrected chi connectivity index (χ4v) is 3.78. The second kappa shape index (κ2) is 9.00. The molecule has 0 fully saturated rings. The van der Waals surface area contributed by atoms with Gasteiger partial charge in [-0.2, -0.15) is 0 Å². The van der Waals surface area contributed by atoms with Crippen LogP contribution in [-0.4, -0.2) is 68.2 Å². The number of benzene rings is 1. The molecule has 0 amide bonds. The van der Waals surface area contributed by atoms with Crippen molar-refractivity contribution >= 4 is 18.6 Å². The Morgan fingerprint density at radius 2 is 2.00 bits per heavy atom. The number of aromatic nitrogens is 2. The van der Waals surface area contributed by atoms with Crippen molar-refractivity contribution in [2.24, 2.45) is 0 Å². The summed E-state index contributed by atoms with van der Waals surface area (Å²) in [5.41, 5.74) is 2.00. The van der Waals surface area contributed by atoms with Crippen molar-refractivity contribution in [1.29, 1.82) is 0 Å². The molecule has 146 valence electrons. The predicted molar refractivity (Wildman–Crippen MR) is 104 cm³/mol. The lowest BCUT2D eigenvalue weighted by atomic mass is 10.3. The van der Waals surface area contributed by atoms with E-state index in [1.165, 1.54) is 7.11 Å². The van der Waals surface area contributed by atoms with E-state index in [0.29, 0.717) is 25.8 Å². The van der Waals surface area contributed by atoms with Gasteiger partial charge in [0.1, 0.15) is 18.9 Å². The Hall–Kier alpha value is -1.40. The Labute approximate surface area is 156 Å². The highest BCUT2D eigenvalue weighted by atomic mass is 31.2. The van der Waals surface area contributed by atoms with Crippen LogP contribution in [0.2, 0.25) is 0 Å². The maximum absolute atomic E-state index is 12.6. The topological polar surface area (TPSA) is 62.6 Å². The lowest BCUT2D eigenvalue weighted by Crippen LogP contribution is -2.37. The quantitative estimate of drug-likeness (QED) is 0.338. The van der Waals surface area contributed by atoms with E-state index in [1.807, 2.05) is 24.5 Å². The van der Waals surface area contributed by atoms with Gasteiger partial charge in [0.15, 0.2) is 0 Å². The number of fused-ring (bicyclic) bond motifs is 1. The van der Waals surface area contributed by atoms with Crippen molar-refractivity contribution in [1.82, 2.24) is 9.55 Å². The molecule has 1 unspecified atom stereocenters. The lowest BCUT2D eigenvalue weighted by molar-refractivity contribution is -0.870. The van der Waals surface area contributed by atoms with Crippen LogP contribution in [0.25, 0.3) is 11.0 Å². The van der Waals surface area contributed by atoms with Gasteiger partial charge in [0, 0.05) is 19.7 Å². The van der Waals surface area contributed by atoms with Gasteiger partial charge in [-0.05, 0) is 25.5 Å². The molecule has 0 saturated carbocycles. The van der Waals surface area contributed by atoms with Crippen LogP contribution >= 0.6 is 7.60 Å². The summed E-state index contributed by atoms with van der Waals surface area (Å²) in [7, 11) is 4.58. The average molecular weight is 384 g/mol. The molecule has 1 heterocycles. The zero-order chi connectivity index (χ0) is 19.2. The third-order valence-electron chi connectivity index (χ3n) is 4.11. The number of hydrogen-bond acceptors (Lipinski definition) is 5. The van der Waals surface area contributed by atoms with Crippen LogP contribution in [0, 0.1) is 0 Å². The Bertz CT molecular complexity index is 754. The van der Waals surface area contributed by atoms with Gasteiger partial charge in [-0.1, -0.05) is 0 Å². The molecule has 0 aliphatic rings. The van der Waals surface area contributed by atoms with Crippen LogP contribution in [-0.2, 0) is 20.2 Å². The van der Waals surface area contributed by atoms with Crippen molar-refractivity contribution in [2.45, 2.75) is 19.9 Å². The molecule has 26 heavy (non-hydrogen) atoms. The van der Waals surface area contributed by atoms with Gasteiger partial charge in [0.25, 0.3) is 0 Å². The van der Waals surface area contributed by atoms with Crippen LogP contribution < -0.4 is 4.74 Å². The monoisotopic (exact) mass is 384 g/mol. The fourth-order valence-electron chi connectivity index (χ4n) is 2.49. The van der Waals surface area contributed by atoms with Crippen LogP contribution in [0.5, 0.6) is 5.75 Å². The summed E-state index contributed by atoms with van der Waals surface area (Å²) in [6, 6.07) is 5.84. The molecule has 0 radical (unpaired) electrons. The van der Waals surface area contributed by atoms with Gasteiger partial charge in [-0.15, -0.1) is 0 Å². The van der Waals surface area contributed by atoms with Gasteiger partial charge in [-0.3, -0.25) is 4.57 Å². The summed E-state index contributed by atoms with van der Waals surface area (Å²) in [5.74, 6) is 0.783. The Balaban J connectivity index is 1.82. The highest BCUT2D eigenvalue weighted by molar-refractivity contribution is 7.53. The van der Waals surface area contributed by atoms with Crippen molar-refractivity contribution in [3.8, 4) is 5.75 Å². The Morgan fingerprint density at radius 3 is 2.65 bits per heavy atom. The van der Waals surface area contributed by atoms with E-state index in [1.54, 1.807) is 0 Å². The maximum Gasteiger partial charge on any atom is 0.330 e. The van der Waals surface area contributed by atoms with Crippen LogP contribution in [0.15, 0.2) is 24.5 Å². The molecule has 0 spiro atoms. The van der Waals surface area contributed by atoms with Crippen LogP contribution in [0.3, 0.4) is 0 Å². The Kier molecular flexibility index (Phi) is 7.24. The summed E-state index contributed by atoms with van der Waals surface area (Å²) in [6.07, 6.45) is 2.77. The third-order valence-corrected chi connectivity index (χ3v) is 6.10. The van der Waals surface area contributed by atoms with E-state index < -0.39 is 7.60 Å². The standard InChI is InChI=1S/C18H31N3O4P/c1-6-20-15-19-17-9-8-16(14-18(17)20)24-11-7-13-26(22,23-5)25-12-10-21(2,3)4/h8-9,14-15H,6-7,10-13H2,1-5H3/q+1. The maximum atomic E-state index is 12.6. The lowest BCUT2D eigenvalue weighted by Gasteiger charge is -2.25. The summed E-state index contributed by atoms with van der Waals surface area (Å²) < 4.78 is 31.9. The molecule has 1 atom stereocenters. The summed E-state index contributed by atoms with van der Waals surface area (Å²) in [6.45, 7) is 4.58. The van der Waals surface area contributed by atoms with E-state index in [2.05, 4.69) is 37.6 Å². The van der Waals surface area contributed by atoms with Crippen molar-refractivity contribution in [2.75, 3.05) is 54.2 Å². The van der Waals surface area contributed by atoms with E-state index in [-0.39, 0.29) is 0 Å².